The summed E-state index contributed by atoms with van der Waals surface area (Å²) in [7, 11) is 0. The summed E-state index contributed by atoms with van der Waals surface area (Å²) in [5.41, 5.74) is 1.49. The lowest BCUT2D eigenvalue weighted by molar-refractivity contribution is -0.131. The third-order valence-corrected chi connectivity index (χ3v) is 4.43. The molecular formula is C18H22FN3OS. The fourth-order valence-electron chi connectivity index (χ4n) is 2.55. The van der Waals surface area contributed by atoms with Crippen molar-refractivity contribution in [2.75, 3.05) is 5.75 Å². The standard InChI is InChI=1S/C18H22FN3OS/c1-12(2)22(13(3)4)18(23)11-24-17-10-9-16(20-21-17)14-5-7-15(19)8-6-14/h5-10,12-13H,11H2,1-4H3. The first-order valence-corrected chi connectivity index (χ1v) is 8.90. The Labute approximate surface area is 146 Å². The van der Waals surface area contributed by atoms with Crippen molar-refractivity contribution in [3.05, 3.63) is 42.2 Å². The van der Waals surface area contributed by atoms with Gasteiger partial charge in [-0.2, -0.15) is 0 Å². The molecule has 0 atom stereocenters. The largest absolute Gasteiger partial charge is 0.337 e. The van der Waals surface area contributed by atoms with Crippen molar-refractivity contribution in [3.63, 3.8) is 0 Å². The maximum absolute atomic E-state index is 12.9. The van der Waals surface area contributed by atoms with E-state index in [1.165, 1.54) is 23.9 Å². The van der Waals surface area contributed by atoms with Crippen LogP contribution in [0.25, 0.3) is 11.3 Å². The smallest absolute Gasteiger partial charge is 0.233 e. The van der Waals surface area contributed by atoms with E-state index in [2.05, 4.69) is 10.2 Å². The first-order valence-electron chi connectivity index (χ1n) is 7.92. The fraction of sp³-hybridized carbons (Fsp3) is 0.389. The van der Waals surface area contributed by atoms with E-state index in [0.29, 0.717) is 16.5 Å². The van der Waals surface area contributed by atoms with Crippen molar-refractivity contribution in [3.8, 4) is 11.3 Å². The highest BCUT2D eigenvalue weighted by Gasteiger charge is 2.20. The Kier molecular flexibility index (Phi) is 6.31. The molecule has 0 spiro atoms. The summed E-state index contributed by atoms with van der Waals surface area (Å²) in [6.45, 7) is 8.06. The van der Waals surface area contributed by atoms with Crippen LogP contribution in [0.4, 0.5) is 4.39 Å². The monoisotopic (exact) mass is 347 g/mol. The van der Waals surface area contributed by atoms with Crippen molar-refractivity contribution in [1.82, 2.24) is 15.1 Å². The van der Waals surface area contributed by atoms with Crippen LogP contribution in [0.5, 0.6) is 0 Å². The molecule has 1 aromatic carbocycles. The molecule has 0 bridgehead atoms. The number of rotatable bonds is 6. The maximum atomic E-state index is 12.9. The number of hydrogen-bond acceptors (Lipinski definition) is 4. The van der Waals surface area contributed by atoms with Crippen molar-refractivity contribution in [2.45, 2.75) is 44.8 Å². The van der Waals surface area contributed by atoms with Crippen LogP contribution in [0, 0.1) is 5.82 Å². The Bertz CT molecular complexity index is 664. The molecule has 0 aliphatic carbocycles. The second-order valence-corrected chi connectivity index (χ2v) is 7.04. The van der Waals surface area contributed by atoms with Gasteiger partial charge in [-0.3, -0.25) is 4.79 Å². The van der Waals surface area contributed by atoms with Gasteiger partial charge >= 0.3 is 0 Å². The third kappa shape index (κ3) is 4.77. The summed E-state index contributed by atoms with van der Waals surface area (Å²) >= 11 is 1.37. The van der Waals surface area contributed by atoms with Gasteiger partial charge in [-0.15, -0.1) is 10.2 Å². The van der Waals surface area contributed by atoms with E-state index in [9.17, 15) is 9.18 Å². The molecule has 1 amide bonds. The van der Waals surface area contributed by atoms with Crippen LogP contribution in [0.3, 0.4) is 0 Å². The predicted octanol–water partition coefficient (Wildman–Crippen LogP) is 4.02. The summed E-state index contributed by atoms with van der Waals surface area (Å²) < 4.78 is 12.9. The number of thioether (sulfide) groups is 1. The first kappa shape index (κ1) is 18.4. The molecule has 0 radical (unpaired) electrons. The number of amides is 1. The zero-order chi connectivity index (χ0) is 17.7. The lowest BCUT2D eigenvalue weighted by Crippen LogP contribution is -2.43. The zero-order valence-electron chi connectivity index (χ0n) is 14.4. The zero-order valence-corrected chi connectivity index (χ0v) is 15.2. The lowest BCUT2D eigenvalue weighted by atomic mass is 10.1. The highest BCUT2D eigenvalue weighted by molar-refractivity contribution is 7.99. The fourth-order valence-corrected chi connectivity index (χ4v) is 3.24. The number of aromatic nitrogens is 2. The molecule has 2 aromatic rings. The van der Waals surface area contributed by atoms with Gasteiger partial charge in [0, 0.05) is 17.6 Å². The normalized spacial score (nSPS) is 11.1. The Hall–Kier alpha value is -1.95. The van der Waals surface area contributed by atoms with E-state index in [0.717, 1.165) is 5.56 Å². The molecule has 2 rings (SSSR count). The van der Waals surface area contributed by atoms with E-state index in [1.54, 1.807) is 12.1 Å². The van der Waals surface area contributed by atoms with Crippen LogP contribution < -0.4 is 0 Å². The second kappa shape index (κ2) is 8.24. The molecule has 0 fully saturated rings. The minimum atomic E-state index is -0.280. The van der Waals surface area contributed by atoms with Gasteiger partial charge in [0.15, 0.2) is 0 Å². The summed E-state index contributed by atoms with van der Waals surface area (Å²) in [5.74, 6) is 0.146. The molecule has 0 saturated heterocycles. The Morgan fingerprint density at radius 1 is 1.04 bits per heavy atom. The quantitative estimate of drug-likeness (QED) is 0.741. The highest BCUT2D eigenvalue weighted by Crippen LogP contribution is 2.21. The average molecular weight is 347 g/mol. The summed E-state index contributed by atoms with van der Waals surface area (Å²) in [6.07, 6.45) is 0. The van der Waals surface area contributed by atoms with E-state index < -0.39 is 0 Å². The number of hydrogen-bond donors (Lipinski definition) is 0. The van der Waals surface area contributed by atoms with E-state index in [1.807, 2.05) is 44.7 Å². The first-order chi connectivity index (χ1) is 11.4. The van der Waals surface area contributed by atoms with Gasteiger partial charge in [0.25, 0.3) is 0 Å². The van der Waals surface area contributed by atoms with Crippen LogP contribution in [0.2, 0.25) is 0 Å². The van der Waals surface area contributed by atoms with Crippen LogP contribution in [0.1, 0.15) is 27.7 Å². The Morgan fingerprint density at radius 2 is 1.67 bits per heavy atom. The molecule has 0 aliphatic heterocycles. The van der Waals surface area contributed by atoms with E-state index >= 15 is 0 Å². The maximum Gasteiger partial charge on any atom is 0.233 e. The summed E-state index contributed by atoms with van der Waals surface area (Å²) in [6, 6.07) is 10.1. The van der Waals surface area contributed by atoms with Crippen LogP contribution in [-0.2, 0) is 4.79 Å². The summed E-state index contributed by atoms with van der Waals surface area (Å²) in [5, 5.41) is 9.00. The van der Waals surface area contributed by atoms with Crippen molar-refractivity contribution in [2.24, 2.45) is 0 Å². The van der Waals surface area contributed by atoms with Gasteiger partial charge in [-0.1, -0.05) is 11.8 Å². The van der Waals surface area contributed by atoms with Gasteiger partial charge in [-0.05, 0) is 64.1 Å². The van der Waals surface area contributed by atoms with Crippen LogP contribution in [0.15, 0.2) is 41.4 Å². The van der Waals surface area contributed by atoms with Crippen molar-refractivity contribution >= 4 is 17.7 Å². The molecule has 0 N–H and O–H groups in total. The highest BCUT2D eigenvalue weighted by atomic mass is 32.2. The number of nitrogens with zero attached hydrogens (tertiary/aromatic N) is 3. The molecule has 0 saturated carbocycles. The van der Waals surface area contributed by atoms with Crippen molar-refractivity contribution in [1.29, 1.82) is 0 Å². The molecule has 1 aromatic heterocycles. The predicted molar refractivity (Wildman–Crippen MR) is 95.3 cm³/mol. The Morgan fingerprint density at radius 3 is 2.17 bits per heavy atom. The Balaban J connectivity index is 1.99. The van der Waals surface area contributed by atoms with E-state index in [-0.39, 0.29) is 23.8 Å². The molecule has 4 nitrogen and oxygen atoms in total. The molecule has 6 heteroatoms. The van der Waals surface area contributed by atoms with Crippen molar-refractivity contribution < 1.29 is 9.18 Å². The molecular weight excluding hydrogens is 325 g/mol. The van der Waals surface area contributed by atoms with Crippen LogP contribution in [-0.4, -0.2) is 38.8 Å². The number of carbonyl (C=O) groups excluding carboxylic acids is 1. The molecule has 0 aliphatic rings. The minimum absolute atomic E-state index is 0.0920. The SMILES string of the molecule is CC(C)N(C(=O)CSc1ccc(-c2ccc(F)cc2)nn1)C(C)C. The average Bonchev–Trinajstić information content (AvgIpc) is 2.53. The van der Waals surface area contributed by atoms with Gasteiger partial charge in [0.05, 0.1) is 11.4 Å². The lowest BCUT2D eigenvalue weighted by Gasteiger charge is -2.30. The third-order valence-electron chi connectivity index (χ3n) is 3.52. The number of benzene rings is 1. The van der Waals surface area contributed by atoms with Gasteiger partial charge in [0.2, 0.25) is 5.91 Å². The van der Waals surface area contributed by atoms with Gasteiger partial charge < -0.3 is 4.90 Å². The number of halogens is 1. The minimum Gasteiger partial charge on any atom is -0.337 e. The number of carbonyl (C=O) groups is 1. The topological polar surface area (TPSA) is 46.1 Å². The molecule has 128 valence electrons. The molecule has 0 unspecified atom stereocenters. The summed E-state index contributed by atoms with van der Waals surface area (Å²) in [4.78, 5) is 14.2. The molecule has 24 heavy (non-hydrogen) atoms. The van der Waals surface area contributed by atoms with Gasteiger partial charge in [-0.25, -0.2) is 4.39 Å². The van der Waals surface area contributed by atoms with Gasteiger partial charge in [0.1, 0.15) is 10.8 Å². The second-order valence-electron chi connectivity index (χ2n) is 6.04. The van der Waals surface area contributed by atoms with Crippen LogP contribution >= 0.6 is 11.8 Å². The molecule has 1 heterocycles. The van der Waals surface area contributed by atoms with E-state index in [4.69, 9.17) is 0 Å².